The maximum atomic E-state index is 13.9. The van der Waals surface area contributed by atoms with Gasteiger partial charge in [-0.1, -0.05) is 0 Å². The number of rotatable bonds is 5. The van der Waals surface area contributed by atoms with E-state index in [1.807, 2.05) is 17.5 Å². The van der Waals surface area contributed by atoms with E-state index in [9.17, 15) is 18.4 Å². The van der Waals surface area contributed by atoms with Crippen LogP contribution in [-0.4, -0.2) is 39.8 Å². The molecule has 0 aliphatic carbocycles. The van der Waals surface area contributed by atoms with Crippen LogP contribution in [0.25, 0.3) is 11.3 Å². The zero-order chi connectivity index (χ0) is 21.8. The minimum atomic E-state index is -0.876. The van der Waals surface area contributed by atoms with Crippen molar-refractivity contribution in [3.63, 3.8) is 0 Å². The standard InChI is InChI=1S/C22H20F2N4O2S/c23-16-1-2-17(18(24)11-16)22(30)28-9-5-15(6-10-28)21(29)26-12-20-27-19(13-31-20)14-3-7-25-8-4-14/h1-4,7-8,11,13,15H,5-6,9-10,12H2,(H,26,29). The van der Waals surface area contributed by atoms with Crippen molar-refractivity contribution in [3.8, 4) is 11.3 Å². The van der Waals surface area contributed by atoms with Gasteiger partial charge in [0.1, 0.15) is 16.6 Å². The minimum Gasteiger partial charge on any atom is -0.349 e. The number of aromatic nitrogens is 2. The van der Waals surface area contributed by atoms with E-state index in [4.69, 9.17) is 0 Å². The maximum absolute atomic E-state index is 13.9. The Balaban J connectivity index is 1.28. The molecule has 4 rings (SSSR count). The maximum Gasteiger partial charge on any atom is 0.256 e. The van der Waals surface area contributed by atoms with Gasteiger partial charge in [-0.25, -0.2) is 13.8 Å². The first-order valence-electron chi connectivity index (χ1n) is 9.88. The number of halogens is 2. The zero-order valence-electron chi connectivity index (χ0n) is 16.6. The molecule has 1 saturated heterocycles. The van der Waals surface area contributed by atoms with Crippen LogP contribution in [0.3, 0.4) is 0 Å². The molecule has 0 saturated carbocycles. The molecule has 6 nitrogen and oxygen atoms in total. The molecule has 0 atom stereocenters. The summed E-state index contributed by atoms with van der Waals surface area (Å²) < 4.78 is 26.9. The SMILES string of the molecule is O=C(NCc1nc(-c2ccncc2)cs1)C1CCN(C(=O)c2ccc(F)cc2F)CC1. The van der Waals surface area contributed by atoms with Gasteiger partial charge in [0.05, 0.1) is 17.8 Å². The summed E-state index contributed by atoms with van der Waals surface area (Å²) in [4.78, 5) is 35.1. The molecule has 1 aliphatic rings. The Hall–Kier alpha value is -3.20. The van der Waals surface area contributed by atoms with Gasteiger partial charge in [0, 0.05) is 48.4 Å². The van der Waals surface area contributed by atoms with Gasteiger partial charge in [0.25, 0.3) is 5.91 Å². The molecule has 31 heavy (non-hydrogen) atoms. The van der Waals surface area contributed by atoms with Crippen molar-refractivity contribution in [1.29, 1.82) is 0 Å². The Kier molecular flexibility index (Phi) is 6.31. The molecule has 0 bridgehead atoms. The van der Waals surface area contributed by atoms with Gasteiger partial charge in [-0.05, 0) is 37.1 Å². The highest BCUT2D eigenvalue weighted by molar-refractivity contribution is 7.09. The fraction of sp³-hybridized carbons (Fsp3) is 0.273. The monoisotopic (exact) mass is 442 g/mol. The molecule has 1 aliphatic heterocycles. The molecule has 1 N–H and O–H groups in total. The van der Waals surface area contributed by atoms with Crippen LogP contribution in [0.15, 0.2) is 48.1 Å². The topological polar surface area (TPSA) is 75.2 Å². The van der Waals surface area contributed by atoms with Crippen LogP contribution in [0.5, 0.6) is 0 Å². The second kappa shape index (κ2) is 9.30. The van der Waals surface area contributed by atoms with Crippen LogP contribution < -0.4 is 5.32 Å². The Morgan fingerprint density at radius 1 is 1.13 bits per heavy atom. The number of thiazole rings is 1. The van der Waals surface area contributed by atoms with Crippen LogP contribution in [0.4, 0.5) is 8.78 Å². The van der Waals surface area contributed by atoms with Crippen molar-refractivity contribution < 1.29 is 18.4 Å². The second-order valence-corrected chi connectivity index (χ2v) is 8.21. The first-order chi connectivity index (χ1) is 15.0. The van der Waals surface area contributed by atoms with Crippen molar-refractivity contribution in [2.75, 3.05) is 13.1 Å². The summed E-state index contributed by atoms with van der Waals surface area (Å²) in [6.07, 6.45) is 4.39. The number of amides is 2. The van der Waals surface area contributed by atoms with Gasteiger partial charge in [0.2, 0.25) is 5.91 Å². The van der Waals surface area contributed by atoms with Gasteiger partial charge < -0.3 is 10.2 Å². The van der Waals surface area contributed by atoms with E-state index in [0.29, 0.717) is 38.5 Å². The largest absolute Gasteiger partial charge is 0.349 e. The molecule has 1 fully saturated rings. The summed E-state index contributed by atoms with van der Waals surface area (Å²) in [6.45, 7) is 1.03. The van der Waals surface area contributed by atoms with Crippen LogP contribution >= 0.6 is 11.3 Å². The van der Waals surface area contributed by atoms with Crippen LogP contribution in [0, 0.1) is 17.6 Å². The molecule has 160 valence electrons. The van der Waals surface area contributed by atoms with E-state index in [-0.39, 0.29) is 17.4 Å². The summed E-state index contributed by atoms with van der Waals surface area (Å²) in [6, 6.07) is 6.68. The molecule has 0 unspecified atom stereocenters. The summed E-state index contributed by atoms with van der Waals surface area (Å²) >= 11 is 1.48. The number of nitrogens with one attached hydrogen (secondary N) is 1. The first kappa shape index (κ1) is 21.0. The molecule has 0 radical (unpaired) electrons. The van der Waals surface area contributed by atoms with Crippen molar-refractivity contribution >= 4 is 23.2 Å². The van der Waals surface area contributed by atoms with E-state index >= 15 is 0 Å². The van der Waals surface area contributed by atoms with E-state index in [1.165, 1.54) is 16.2 Å². The van der Waals surface area contributed by atoms with Crippen LogP contribution in [0.1, 0.15) is 28.2 Å². The summed E-state index contributed by atoms with van der Waals surface area (Å²) in [5.41, 5.74) is 1.66. The van der Waals surface area contributed by atoms with Crippen molar-refractivity contribution in [2.45, 2.75) is 19.4 Å². The van der Waals surface area contributed by atoms with E-state index in [1.54, 1.807) is 12.4 Å². The summed E-state index contributed by atoms with van der Waals surface area (Å²) in [5, 5.41) is 5.66. The zero-order valence-corrected chi connectivity index (χ0v) is 17.4. The van der Waals surface area contributed by atoms with Crippen molar-refractivity contribution in [3.05, 3.63) is 70.3 Å². The summed E-state index contributed by atoms with van der Waals surface area (Å²) in [7, 11) is 0. The number of nitrogens with zero attached hydrogens (tertiary/aromatic N) is 3. The molecule has 9 heteroatoms. The highest BCUT2D eigenvalue weighted by Crippen LogP contribution is 2.23. The average molecular weight is 442 g/mol. The third kappa shape index (κ3) is 4.93. The van der Waals surface area contributed by atoms with Gasteiger partial charge >= 0.3 is 0 Å². The molecule has 2 aromatic heterocycles. The van der Waals surface area contributed by atoms with Gasteiger partial charge in [0.15, 0.2) is 0 Å². The molecule has 0 spiro atoms. The number of carbonyl (C=O) groups is 2. The van der Waals surface area contributed by atoms with Gasteiger partial charge in [-0.15, -0.1) is 11.3 Å². The summed E-state index contributed by atoms with van der Waals surface area (Å²) in [5.74, 6) is -2.39. The molecule has 3 aromatic rings. The Morgan fingerprint density at radius 2 is 1.87 bits per heavy atom. The smallest absolute Gasteiger partial charge is 0.256 e. The quantitative estimate of drug-likeness (QED) is 0.655. The molecular formula is C22H20F2N4O2S. The number of benzene rings is 1. The normalized spacial score (nSPS) is 14.5. The lowest BCUT2D eigenvalue weighted by Crippen LogP contribution is -2.43. The van der Waals surface area contributed by atoms with E-state index in [0.717, 1.165) is 28.4 Å². The van der Waals surface area contributed by atoms with Crippen molar-refractivity contribution in [2.24, 2.45) is 5.92 Å². The molecule has 1 aromatic carbocycles. The van der Waals surface area contributed by atoms with E-state index < -0.39 is 17.5 Å². The van der Waals surface area contributed by atoms with Crippen LogP contribution in [0.2, 0.25) is 0 Å². The van der Waals surface area contributed by atoms with E-state index in [2.05, 4.69) is 15.3 Å². The number of likely N-dealkylation sites (tertiary alicyclic amines) is 1. The highest BCUT2D eigenvalue weighted by atomic mass is 32.1. The van der Waals surface area contributed by atoms with Crippen LogP contribution in [-0.2, 0) is 11.3 Å². The number of hydrogen-bond acceptors (Lipinski definition) is 5. The average Bonchev–Trinajstić information content (AvgIpc) is 3.27. The fourth-order valence-corrected chi connectivity index (χ4v) is 4.28. The lowest BCUT2D eigenvalue weighted by Gasteiger charge is -2.31. The predicted octanol–water partition coefficient (Wildman–Crippen LogP) is 3.65. The van der Waals surface area contributed by atoms with Crippen molar-refractivity contribution in [1.82, 2.24) is 20.2 Å². The Labute approximate surface area is 182 Å². The second-order valence-electron chi connectivity index (χ2n) is 7.27. The first-order valence-corrected chi connectivity index (χ1v) is 10.8. The predicted molar refractivity (Wildman–Crippen MR) is 112 cm³/mol. The third-order valence-corrected chi connectivity index (χ3v) is 6.10. The molecular weight excluding hydrogens is 422 g/mol. The molecule has 2 amide bonds. The number of pyridine rings is 1. The highest BCUT2D eigenvalue weighted by Gasteiger charge is 2.29. The Bertz CT molecular complexity index is 1080. The van der Waals surface area contributed by atoms with Gasteiger partial charge in [-0.2, -0.15) is 0 Å². The molecule has 3 heterocycles. The third-order valence-electron chi connectivity index (χ3n) is 5.26. The van der Waals surface area contributed by atoms with Gasteiger partial charge in [-0.3, -0.25) is 14.6 Å². The minimum absolute atomic E-state index is 0.0827. The fourth-order valence-electron chi connectivity index (χ4n) is 3.53. The number of hydrogen-bond donors (Lipinski definition) is 1. The lowest BCUT2D eigenvalue weighted by atomic mass is 9.95. The number of piperidine rings is 1. The lowest BCUT2D eigenvalue weighted by molar-refractivity contribution is -0.126. The Morgan fingerprint density at radius 3 is 2.58 bits per heavy atom. The number of carbonyl (C=O) groups excluding carboxylic acids is 2.